The number of nitro groups is 1. The number of piperidine rings is 1. The van der Waals surface area contributed by atoms with E-state index in [2.05, 4.69) is 6.07 Å². The van der Waals surface area contributed by atoms with Crippen molar-refractivity contribution in [3.63, 3.8) is 0 Å². The monoisotopic (exact) mass is 642 g/mol. The Balaban J connectivity index is 1.38. The van der Waals surface area contributed by atoms with Crippen molar-refractivity contribution >= 4 is 38.3 Å². The molecule has 1 heterocycles. The smallest absolute Gasteiger partial charge is 0.410 e. The fourth-order valence-corrected chi connectivity index (χ4v) is 6.63. The summed E-state index contributed by atoms with van der Waals surface area (Å²) in [5.74, 6) is 0.557. The minimum Gasteiger partial charge on any atom is -0.490 e. The second-order valence-electron chi connectivity index (χ2n) is 12.0. The van der Waals surface area contributed by atoms with E-state index in [1.165, 1.54) is 16.4 Å². The number of non-ortho nitro benzene ring substituents is 1. The molecule has 1 fully saturated rings. The van der Waals surface area contributed by atoms with Crippen LogP contribution in [0.5, 0.6) is 5.75 Å². The molecular weight excluding hydrogens is 608 g/mol. The van der Waals surface area contributed by atoms with Gasteiger partial charge in [0.1, 0.15) is 17.5 Å². The Kier molecular flexibility index (Phi) is 9.16. The summed E-state index contributed by atoms with van der Waals surface area (Å²) in [6.45, 7) is 6.46. The number of benzene rings is 4. The van der Waals surface area contributed by atoms with E-state index in [0.29, 0.717) is 48.5 Å². The Hall–Kier alpha value is -5.15. The van der Waals surface area contributed by atoms with Gasteiger partial charge in [-0.05, 0) is 91.7 Å². The van der Waals surface area contributed by atoms with Gasteiger partial charge in [-0.15, -0.1) is 0 Å². The summed E-state index contributed by atoms with van der Waals surface area (Å²) >= 11 is 0. The van der Waals surface area contributed by atoms with E-state index in [0.717, 1.165) is 22.9 Å². The van der Waals surface area contributed by atoms with Crippen molar-refractivity contribution in [1.29, 1.82) is 5.26 Å². The summed E-state index contributed by atoms with van der Waals surface area (Å²) in [6, 6.07) is 24.5. The van der Waals surface area contributed by atoms with E-state index in [1.54, 1.807) is 41.3 Å². The van der Waals surface area contributed by atoms with Crippen LogP contribution in [0.25, 0.3) is 10.8 Å². The maximum atomic E-state index is 14.0. The molecule has 5 rings (SSSR count). The number of likely N-dealkylation sites (tertiary alicyclic amines) is 1. The Morgan fingerprint density at radius 2 is 1.63 bits per heavy atom. The Labute approximate surface area is 267 Å². The zero-order valence-corrected chi connectivity index (χ0v) is 26.6. The van der Waals surface area contributed by atoms with Gasteiger partial charge in [0.15, 0.2) is 0 Å². The van der Waals surface area contributed by atoms with Gasteiger partial charge in [-0.2, -0.15) is 5.26 Å². The number of nitriles is 1. The highest BCUT2D eigenvalue weighted by atomic mass is 32.2. The molecule has 46 heavy (non-hydrogen) atoms. The number of hydrogen-bond acceptors (Lipinski definition) is 8. The van der Waals surface area contributed by atoms with Gasteiger partial charge in [-0.1, -0.05) is 18.2 Å². The molecule has 0 aromatic heterocycles. The molecule has 1 aliphatic heterocycles. The third-order valence-electron chi connectivity index (χ3n) is 7.52. The van der Waals surface area contributed by atoms with E-state index in [4.69, 9.17) is 9.47 Å². The number of sulfonamides is 1. The summed E-state index contributed by atoms with van der Waals surface area (Å²) in [4.78, 5) is 24.6. The van der Waals surface area contributed by atoms with Gasteiger partial charge in [0, 0.05) is 38.1 Å². The minimum absolute atomic E-state index is 0.0324. The average Bonchev–Trinajstić information content (AvgIpc) is 3.03. The van der Waals surface area contributed by atoms with E-state index in [1.807, 2.05) is 45.0 Å². The maximum Gasteiger partial charge on any atom is 0.410 e. The van der Waals surface area contributed by atoms with Crippen molar-refractivity contribution < 1.29 is 27.6 Å². The molecule has 0 aliphatic carbocycles. The molecule has 0 saturated carbocycles. The van der Waals surface area contributed by atoms with Crippen LogP contribution in [0, 0.1) is 21.4 Å². The van der Waals surface area contributed by atoms with Crippen LogP contribution >= 0.6 is 0 Å². The summed E-state index contributed by atoms with van der Waals surface area (Å²) in [5.41, 5.74) is 0.765. The summed E-state index contributed by atoms with van der Waals surface area (Å²) in [6.07, 6.45) is 0.774. The lowest BCUT2D eigenvalue weighted by Crippen LogP contribution is -2.44. The highest BCUT2D eigenvalue weighted by molar-refractivity contribution is 7.92. The van der Waals surface area contributed by atoms with Gasteiger partial charge in [-0.3, -0.25) is 14.4 Å². The molecule has 238 valence electrons. The maximum absolute atomic E-state index is 14.0. The molecule has 12 heteroatoms. The van der Waals surface area contributed by atoms with Crippen LogP contribution in [0.1, 0.15) is 44.7 Å². The van der Waals surface area contributed by atoms with Crippen LogP contribution in [0.4, 0.5) is 16.2 Å². The van der Waals surface area contributed by atoms with Crippen LogP contribution in [0.15, 0.2) is 89.8 Å². The van der Waals surface area contributed by atoms with Crippen molar-refractivity contribution in [3.8, 4) is 11.8 Å². The number of nitro benzene ring substituents is 1. The SMILES string of the molecule is CC(C)(C)OC(=O)N1CCC(Oc2ccc(N(Cc3ccc4ccc(C#N)cc4c3)S(=O)(=O)c3ccc([N+](=O)[O-])cc3)cc2)CC1. The normalized spacial score (nSPS) is 14.0. The molecule has 11 nitrogen and oxygen atoms in total. The molecule has 1 saturated heterocycles. The van der Waals surface area contributed by atoms with E-state index >= 15 is 0 Å². The van der Waals surface area contributed by atoms with Gasteiger partial charge in [0.25, 0.3) is 15.7 Å². The van der Waals surface area contributed by atoms with Gasteiger partial charge in [0.05, 0.1) is 33.7 Å². The number of amides is 1. The number of fused-ring (bicyclic) bond motifs is 1. The molecule has 0 atom stereocenters. The second-order valence-corrected chi connectivity index (χ2v) is 13.9. The molecular formula is C34H34N4O7S. The summed E-state index contributed by atoms with van der Waals surface area (Å²) < 4.78 is 40.9. The molecule has 4 aromatic carbocycles. The molecule has 1 aliphatic rings. The van der Waals surface area contributed by atoms with Crippen molar-refractivity contribution in [2.45, 2.75) is 56.8 Å². The largest absolute Gasteiger partial charge is 0.490 e. The molecule has 0 N–H and O–H groups in total. The van der Waals surface area contributed by atoms with Gasteiger partial charge < -0.3 is 14.4 Å². The van der Waals surface area contributed by atoms with Gasteiger partial charge >= 0.3 is 6.09 Å². The van der Waals surface area contributed by atoms with Crippen LogP contribution in [-0.4, -0.2) is 49.1 Å². The summed E-state index contributed by atoms with van der Waals surface area (Å²) in [5, 5.41) is 22.2. The van der Waals surface area contributed by atoms with Crippen molar-refractivity contribution in [2.75, 3.05) is 17.4 Å². The third kappa shape index (κ3) is 7.55. The first-order chi connectivity index (χ1) is 21.8. The van der Waals surface area contributed by atoms with Gasteiger partial charge in [0.2, 0.25) is 0 Å². The zero-order valence-electron chi connectivity index (χ0n) is 25.8. The highest BCUT2D eigenvalue weighted by Gasteiger charge is 2.29. The van der Waals surface area contributed by atoms with Gasteiger partial charge in [-0.25, -0.2) is 13.2 Å². The number of carbonyl (C=O) groups is 1. The molecule has 4 aromatic rings. The zero-order chi connectivity index (χ0) is 33.1. The first kappa shape index (κ1) is 32.2. The lowest BCUT2D eigenvalue weighted by Gasteiger charge is -2.33. The minimum atomic E-state index is -4.16. The second kappa shape index (κ2) is 13.1. The number of hydrogen-bond donors (Lipinski definition) is 0. The Bertz CT molecular complexity index is 1890. The quantitative estimate of drug-likeness (QED) is 0.151. The van der Waals surface area contributed by atoms with Crippen LogP contribution in [0.2, 0.25) is 0 Å². The highest BCUT2D eigenvalue weighted by Crippen LogP contribution is 2.31. The Morgan fingerprint density at radius 1 is 0.978 bits per heavy atom. The molecule has 1 amide bonds. The number of ether oxygens (including phenoxy) is 2. The van der Waals surface area contributed by atoms with Crippen LogP contribution in [0.3, 0.4) is 0 Å². The van der Waals surface area contributed by atoms with Crippen LogP contribution in [-0.2, 0) is 21.3 Å². The first-order valence-corrected chi connectivity index (χ1v) is 16.2. The number of carbonyl (C=O) groups excluding carboxylic acids is 1. The predicted molar refractivity (Wildman–Crippen MR) is 173 cm³/mol. The number of rotatable bonds is 8. The molecule has 0 spiro atoms. The molecule has 0 bridgehead atoms. The fraction of sp³-hybridized carbons (Fsp3) is 0.294. The van der Waals surface area contributed by atoms with E-state index in [9.17, 15) is 28.6 Å². The predicted octanol–water partition coefficient (Wildman–Crippen LogP) is 6.79. The Morgan fingerprint density at radius 3 is 2.24 bits per heavy atom. The fourth-order valence-electron chi connectivity index (χ4n) is 5.18. The first-order valence-electron chi connectivity index (χ1n) is 14.8. The lowest BCUT2D eigenvalue weighted by molar-refractivity contribution is -0.384. The van der Waals surface area contributed by atoms with E-state index < -0.39 is 20.5 Å². The van der Waals surface area contributed by atoms with Crippen molar-refractivity contribution in [2.24, 2.45) is 0 Å². The molecule has 0 unspecified atom stereocenters. The van der Waals surface area contributed by atoms with Crippen molar-refractivity contribution in [1.82, 2.24) is 4.90 Å². The topological polar surface area (TPSA) is 143 Å². The number of anilines is 1. The van der Waals surface area contributed by atoms with Crippen molar-refractivity contribution in [3.05, 3.63) is 106 Å². The molecule has 0 radical (unpaired) electrons. The van der Waals surface area contributed by atoms with E-state index in [-0.39, 0.29) is 29.3 Å². The standard InChI is InChI=1S/C34H34N4O7S/c1-34(2,3)45-33(39)36-18-16-31(17-19-36)44-30-12-8-28(9-13-30)37(46(42,43)32-14-10-29(11-15-32)38(40)41)23-25-5-7-26-6-4-24(22-35)20-27(26)21-25/h4-15,20-21,31H,16-19,23H2,1-3H3. The van der Waals surface area contributed by atoms with Crippen LogP contribution < -0.4 is 9.04 Å². The lowest BCUT2D eigenvalue weighted by atomic mass is 10.0. The average molecular weight is 643 g/mol. The number of nitrogens with zero attached hydrogens (tertiary/aromatic N) is 4. The third-order valence-corrected chi connectivity index (χ3v) is 9.30. The summed E-state index contributed by atoms with van der Waals surface area (Å²) in [7, 11) is -4.16.